The van der Waals surface area contributed by atoms with E-state index < -0.39 is 4.92 Å². The second kappa shape index (κ2) is 10.3. The third kappa shape index (κ3) is 7.20. The zero-order valence-electron chi connectivity index (χ0n) is 13.5. The molecule has 0 N–H and O–H groups in total. The Morgan fingerprint density at radius 2 is 1.79 bits per heavy atom. The molecule has 0 saturated carbocycles. The molecule has 1 unspecified atom stereocenters. The summed E-state index contributed by atoms with van der Waals surface area (Å²) in [7, 11) is 0. The van der Waals surface area contributed by atoms with Crippen LogP contribution in [0.5, 0.6) is 0 Å². The van der Waals surface area contributed by atoms with E-state index in [0.29, 0.717) is 12.8 Å². The van der Waals surface area contributed by atoms with Crippen molar-refractivity contribution in [2.75, 3.05) is 0 Å². The smallest absolute Gasteiger partial charge is 0.269 e. The average molecular weight is 346 g/mol. The number of carbonyl (C=O) groups is 1. The van der Waals surface area contributed by atoms with Crippen LogP contribution in [0.4, 0.5) is 5.69 Å². The van der Waals surface area contributed by atoms with Gasteiger partial charge in [0.15, 0.2) is 0 Å². The third-order valence-corrected chi connectivity index (χ3v) is 3.55. The van der Waals surface area contributed by atoms with Crippen molar-refractivity contribution < 1.29 is 9.72 Å². The highest BCUT2D eigenvalue weighted by molar-refractivity contribution is 6.30. The standard InChI is InChI=1S/C13H15NO3.C6H5Cl/c1-3-4-12(9-10(2)15)11-5-7-13(8-6-11)14(16)17;7-6-4-2-1-3-5-6/h3,5-8,12H,1,4,9H2,2H3;1-5H. The lowest BCUT2D eigenvalue weighted by molar-refractivity contribution is -0.384. The molecule has 0 aliphatic carbocycles. The normalized spacial score (nSPS) is 10.9. The first kappa shape index (κ1) is 19.6. The Morgan fingerprint density at radius 3 is 2.17 bits per heavy atom. The fourth-order valence-electron chi connectivity index (χ4n) is 2.17. The van der Waals surface area contributed by atoms with E-state index in [1.807, 2.05) is 30.3 Å². The molecule has 0 spiro atoms. The fourth-order valence-corrected chi connectivity index (χ4v) is 2.31. The molecular formula is C19H20ClNO3. The summed E-state index contributed by atoms with van der Waals surface area (Å²) >= 11 is 5.54. The van der Waals surface area contributed by atoms with Crippen molar-refractivity contribution in [2.24, 2.45) is 0 Å². The lowest BCUT2D eigenvalue weighted by atomic mass is 9.91. The molecule has 0 amide bonds. The minimum absolute atomic E-state index is 0.0609. The van der Waals surface area contributed by atoms with Gasteiger partial charge in [-0.3, -0.25) is 10.1 Å². The first-order valence-electron chi connectivity index (χ1n) is 7.49. The summed E-state index contributed by atoms with van der Waals surface area (Å²) in [5.74, 6) is 0.168. The molecule has 5 heteroatoms. The molecule has 0 bridgehead atoms. The number of allylic oxidation sites excluding steroid dienone is 1. The molecule has 0 aliphatic heterocycles. The number of benzene rings is 2. The van der Waals surface area contributed by atoms with Crippen LogP contribution >= 0.6 is 11.6 Å². The van der Waals surface area contributed by atoms with Crippen molar-refractivity contribution in [1.29, 1.82) is 0 Å². The Labute approximate surface area is 146 Å². The van der Waals surface area contributed by atoms with Gasteiger partial charge in [-0.1, -0.05) is 48.0 Å². The monoisotopic (exact) mass is 345 g/mol. The van der Waals surface area contributed by atoms with Gasteiger partial charge in [0.25, 0.3) is 5.69 Å². The van der Waals surface area contributed by atoms with Crippen LogP contribution < -0.4 is 0 Å². The molecule has 0 aliphatic rings. The lowest BCUT2D eigenvalue weighted by Gasteiger charge is -2.13. The summed E-state index contributed by atoms with van der Waals surface area (Å²) in [5.41, 5.74) is 1.000. The van der Waals surface area contributed by atoms with Gasteiger partial charge in [0.1, 0.15) is 5.78 Å². The van der Waals surface area contributed by atoms with Crippen molar-refractivity contribution in [3.8, 4) is 0 Å². The molecule has 0 saturated heterocycles. The molecular weight excluding hydrogens is 326 g/mol. The van der Waals surface area contributed by atoms with Crippen molar-refractivity contribution in [2.45, 2.75) is 25.7 Å². The first-order chi connectivity index (χ1) is 11.4. The van der Waals surface area contributed by atoms with E-state index >= 15 is 0 Å². The summed E-state index contributed by atoms with van der Waals surface area (Å²) in [6.45, 7) is 5.20. The summed E-state index contributed by atoms with van der Waals surface area (Å²) in [4.78, 5) is 21.2. The number of ketones is 1. The number of halogens is 1. The van der Waals surface area contributed by atoms with E-state index in [-0.39, 0.29) is 17.4 Å². The highest BCUT2D eigenvalue weighted by atomic mass is 35.5. The van der Waals surface area contributed by atoms with E-state index in [4.69, 9.17) is 11.6 Å². The molecule has 2 aromatic rings. The Kier molecular flexibility index (Phi) is 8.44. The van der Waals surface area contributed by atoms with Gasteiger partial charge in [0, 0.05) is 23.6 Å². The highest BCUT2D eigenvalue weighted by Gasteiger charge is 2.14. The molecule has 2 rings (SSSR count). The maximum atomic E-state index is 11.1. The zero-order chi connectivity index (χ0) is 17.9. The van der Waals surface area contributed by atoms with Crippen LogP contribution in [0.1, 0.15) is 31.2 Å². The number of hydrogen-bond donors (Lipinski definition) is 0. The van der Waals surface area contributed by atoms with Gasteiger partial charge < -0.3 is 4.79 Å². The van der Waals surface area contributed by atoms with Gasteiger partial charge >= 0.3 is 0 Å². The number of hydrogen-bond acceptors (Lipinski definition) is 3. The lowest BCUT2D eigenvalue weighted by Crippen LogP contribution is -2.03. The predicted octanol–water partition coefficient (Wildman–Crippen LogP) is 5.57. The third-order valence-electron chi connectivity index (χ3n) is 3.29. The summed E-state index contributed by atoms with van der Waals surface area (Å²) in [5, 5.41) is 11.3. The highest BCUT2D eigenvalue weighted by Crippen LogP contribution is 2.26. The minimum Gasteiger partial charge on any atom is -0.300 e. The molecule has 0 fully saturated rings. The van der Waals surface area contributed by atoms with Crippen molar-refractivity contribution in [1.82, 2.24) is 0 Å². The minimum atomic E-state index is -0.433. The van der Waals surface area contributed by atoms with Crippen LogP contribution in [0.3, 0.4) is 0 Å². The Morgan fingerprint density at radius 1 is 1.21 bits per heavy atom. The maximum absolute atomic E-state index is 11.1. The zero-order valence-corrected chi connectivity index (χ0v) is 14.3. The van der Waals surface area contributed by atoms with Gasteiger partial charge in [-0.15, -0.1) is 6.58 Å². The van der Waals surface area contributed by atoms with E-state index in [1.54, 1.807) is 25.1 Å². The van der Waals surface area contributed by atoms with E-state index in [2.05, 4.69) is 6.58 Å². The van der Waals surface area contributed by atoms with E-state index in [0.717, 1.165) is 10.6 Å². The Balaban J connectivity index is 0.000000341. The molecule has 0 aromatic heterocycles. The molecule has 1 atom stereocenters. The quantitative estimate of drug-likeness (QED) is 0.390. The number of nitro groups is 1. The number of Topliss-reactive ketones (excluding diaryl/α,β-unsaturated/α-hetero) is 1. The summed E-state index contributed by atoms with van der Waals surface area (Å²) < 4.78 is 0. The Bertz CT molecular complexity index is 669. The largest absolute Gasteiger partial charge is 0.300 e. The van der Waals surface area contributed by atoms with E-state index in [1.165, 1.54) is 12.1 Å². The Hall–Kier alpha value is -2.46. The predicted molar refractivity (Wildman–Crippen MR) is 97.4 cm³/mol. The van der Waals surface area contributed by atoms with Gasteiger partial charge in [-0.25, -0.2) is 0 Å². The van der Waals surface area contributed by atoms with Crippen LogP contribution in [0.15, 0.2) is 67.3 Å². The first-order valence-corrected chi connectivity index (χ1v) is 7.87. The van der Waals surface area contributed by atoms with Crippen molar-refractivity contribution in [3.63, 3.8) is 0 Å². The van der Waals surface area contributed by atoms with Crippen molar-refractivity contribution in [3.05, 3.63) is 88.0 Å². The van der Waals surface area contributed by atoms with Crippen LogP contribution in [0.25, 0.3) is 0 Å². The molecule has 4 nitrogen and oxygen atoms in total. The molecule has 126 valence electrons. The number of carbonyl (C=O) groups excluding carboxylic acids is 1. The second-order valence-electron chi connectivity index (χ2n) is 5.27. The molecule has 0 radical (unpaired) electrons. The van der Waals surface area contributed by atoms with Crippen molar-refractivity contribution >= 4 is 23.1 Å². The summed E-state index contributed by atoms with van der Waals surface area (Å²) in [6, 6.07) is 15.8. The van der Waals surface area contributed by atoms with Gasteiger partial charge in [-0.05, 0) is 37.0 Å². The van der Waals surface area contributed by atoms with Crippen LogP contribution in [-0.4, -0.2) is 10.7 Å². The molecule has 0 heterocycles. The number of non-ortho nitro benzene ring substituents is 1. The topological polar surface area (TPSA) is 60.2 Å². The van der Waals surface area contributed by atoms with Gasteiger partial charge in [0.2, 0.25) is 0 Å². The van der Waals surface area contributed by atoms with Crippen LogP contribution in [0, 0.1) is 10.1 Å². The van der Waals surface area contributed by atoms with Gasteiger partial charge in [-0.2, -0.15) is 0 Å². The summed E-state index contributed by atoms with van der Waals surface area (Å²) in [6.07, 6.45) is 2.89. The number of nitro benzene ring substituents is 1. The van der Waals surface area contributed by atoms with Crippen LogP contribution in [-0.2, 0) is 4.79 Å². The molecule has 24 heavy (non-hydrogen) atoms. The second-order valence-corrected chi connectivity index (χ2v) is 5.71. The van der Waals surface area contributed by atoms with Gasteiger partial charge in [0.05, 0.1) is 4.92 Å². The molecule has 2 aromatic carbocycles. The average Bonchev–Trinajstić information content (AvgIpc) is 2.55. The maximum Gasteiger partial charge on any atom is 0.269 e. The van der Waals surface area contributed by atoms with Crippen LogP contribution in [0.2, 0.25) is 5.02 Å². The van der Waals surface area contributed by atoms with E-state index in [9.17, 15) is 14.9 Å². The number of rotatable bonds is 6. The SMILES string of the molecule is C=CCC(CC(C)=O)c1ccc([N+](=O)[O-])cc1.Clc1ccccc1. The number of nitrogens with zero attached hydrogens (tertiary/aromatic N) is 1. The fraction of sp³-hybridized carbons (Fsp3) is 0.211.